The lowest BCUT2D eigenvalue weighted by Crippen LogP contribution is -2.11. The molecule has 1 aromatic heterocycles. The molecule has 0 radical (unpaired) electrons. The van der Waals surface area contributed by atoms with Gasteiger partial charge in [-0.1, -0.05) is 127 Å². The lowest BCUT2D eigenvalue weighted by Gasteiger charge is -2.28. The molecule has 7 aromatic carbocycles. The van der Waals surface area contributed by atoms with Crippen molar-refractivity contribution in [1.82, 2.24) is 0 Å². The first-order valence-corrected chi connectivity index (χ1v) is 15.1. The highest BCUT2D eigenvalue weighted by Gasteiger charge is 2.22. The molecule has 0 spiro atoms. The molecule has 0 saturated carbocycles. The average molecular weight is 554 g/mol. The van der Waals surface area contributed by atoms with Crippen molar-refractivity contribution < 1.29 is 0 Å². The van der Waals surface area contributed by atoms with Gasteiger partial charge in [0, 0.05) is 36.8 Å². The highest BCUT2D eigenvalue weighted by atomic mass is 32.1. The van der Waals surface area contributed by atoms with E-state index in [4.69, 9.17) is 0 Å². The molecular weight excluding hydrogens is 527 g/mol. The fraction of sp³-hybridized carbons (Fsp3) is 0. The lowest BCUT2D eigenvalue weighted by molar-refractivity contribution is 1.30. The van der Waals surface area contributed by atoms with Gasteiger partial charge in [-0.05, 0) is 58.5 Å². The topological polar surface area (TPSA) is 3.24 Å². The Hall–Kier alpha value is -5.18. The molecule has 2 heteroatoms. The molecule has 0 unspecified atom stereocenters. The summed E-state index contributed by atoms with van der Waals surface area (Å²) in [4.78, 5) is 2.44. The first-order valence-electron chi connectivity index (χ1n) is 14.3. The molecule has 8 aromatic rings. The molecule has 0 aliphatic carbocycles. The number of para-hydroxylation sites is 2. The van der Waals surface area contributed by atoms with Crippen molar-refractivity contribution in [2.75, 3.05) is 4.90 Å². The van der Waals surface area contributed by atoms with Crippen molar-refractivity contribution in [1.29, 1.82) is 0 Å². The van der Waals surface area contributed by atoms with Crippen LogP contribution in [0, 0.1) is 0 Å². The highest BCUT2D eigenvalue weighted by molar-refractivity contribution is 7.26. The van der Waals surface area contributed by atoms with Gasteiger partial charge in [-0.2, -0.15) is 0 Å². The van der Waals surface area contributed by atoms with E-state index >= 15 is 0 Å². The zero-order valence-electron chi connectivity index (χ0n) is 22.9. The smallest absolute Gasteiger partial charge is 0.0555 e. The predicted octanol–water partition coefficient (Wildman–Crippen LogP) is 12.0. The Bertz CT molecular complexity index is 2180. The largest absolute Gasteiger partial charge is 0.309 e. The molecule has 0 aliphatic rings. The molecule has 1 nitrogen and oxygen atoms in total. The van der Waals surface area contributed by atoms with Gasteiger partial charge in [0.15, 0.2) is 0 Å². The molecule has 0 aliphatic heterocycles. The number of thiophene rings is 1. The second-order valence-electron chi connectivity index (χ2n) is 10.5. The Labute approximate surface area is 249 Å². The molecule has 0 fully saturated rings. The van der Waals surface area contributed by atoms with Gasteiger partial charge < -0.3 is 4.90 Å². The lowest BCUT2D eigenvalue weighted by atomic mass is 9.95. The van der Waals surface area contributed by atoms with Gasteiger partial charge in [-0.25, -0.2) is 0 Å². The summed E-state index contributed by atoms with van der Waals surface area (Å²) in [6.07, 6.45) is 0. The summed E-state index contributed by atoms with van der Waals surface area (Å²) in [6, 6.07) is 59.0. The van der Waals surface area contributed by atoms with Crippen molar-refractivity contribution in [3.8, 4) is 22.3 Å². The normalized spacial score (nSPS) is 11.3. The Morgan fingerprint density at radius 1 is 0.405 bits per heavy atom. The molecule has 198 valence electrons. The van der Waals surface area contributed by atoms with Crippen LogP contribution in [0.5, 0.6) is 0 Å². The zero-order valence-corrected chi connectivity index (χ0v) is 23.8. The first-order chi connectivity index (χ1) is 20.9. The van der Waals surface area contributed by atoms with E-state index in [1.165, 1.54) is 58.9 Å². The van der Waals surface area contributed by atoms with Crippen LogP contribution in [-0.2, 0) is 0 Å². The van der Waals surface area contributed by atoms with E-state index in [2.05, 4.69) is 169 Å². The van der Waals surface area contributed by atoms with E-state index in [-0.39, 0.29) is 0 Å². The van der Waals surface area contributed by atoms with Crippen molar-refractivity contribution in [2.24, 2.45) is 0 Å². The highest BCUT2D eigenvalue weighted by Crippen LogP contribution is 2.49. The summed E-state index contributed by atoms with van der Waals surface area (Å²) < 4.78 is 2.62. The van der Waals surface area contributed by atoms with E-state index in [0.29, 0.717) is 0 Å². The maximum absolute atomic E-state index is 2.44. The summed E-state index contributed by atoms with van der Waals surface area (Å²) in [5.41, 5.74) is 8.39. The van der Waals surface area contributed by atoms with E-state index in [9.17, 15) is 0 Å². The van der Waals surface area contributed by atoms with Crippen molar-refractivity contribution >= 4 is 59.3 Å². The van der Waals surface area contributed by atoms with Gasteiger partial charge in [-0.15, -0.1) is 11.3 Å². The summed E-state index contributed by atoms with van der Waals surface area (Å²) in [7, 11) is 0. The zero-order chi connectivity index (χ0) is 27.9. The molecule has 0 amide bonds. The fourth-order valence-corrected chi connectivity index (χ4v) is 7.43. The molecule has 8 rings (SSSR count). The van der Waals surface area contributed by atoms with Crippen LogP contribution in [-0.4, -0.2) is 0 Å². The molecule has 1 heterocycles. The van der Waals surface area contributed by atoms with Crippen molar-refractivity contribution in [2.45, 2.75) is 0 Å². The van der Waals surface area contributed by atoms with Crippen LogP contribution < -0.4 is 4.90 Å². The number of rotatable bonds is 5. The predicted molar refractivity (Wildman–Crippen MR) is 182 cm³/mol. The average Bonchev–Trinajstić information content (AvgIpc) is 3.46. The summed E-state index contributed by atoms with van der Waals surface area (Å²) in [5, 5.41) is 5.17. The third-order valence-corrected chi connectivity index (χ3v) is 9.25. The summed E-state index contributed by atoms with van der Waals surface area (Å²) in [5.74, 6) is 0. The first kappa shape index (κ1) is 24.6. The molecular formula is C40H27NS. The minimum Gasteiger partial charge on any atom is -0.309 e. The van der Waals surface area contributed by atoms with E-state index in [1.807, 2.05) is 11.3 Å². The van der Waals surface area contributed by atoms with Crippen LogP contribution in [0.2, 0.25) is 0 Å². The number of anilines is 3. The van der Waals surface area contributed by atoms with Gasteiger partial charge >= 0.3 is 0 Å². The molecule has 0 N–H and O–H groups in total. The van der Waals surface area contributed by atoms with E-state index in [1.54, 1.807) is 0 Å². The molecule has 0 atom stereocenters. The van der Waals surface area contributed by atoms with Gasteiger partial charge in [0.05, 0.1) is 11.4 Å². The van der Waals surface area contributed by atoms with Crippen LogP contribution in [0.25, 0.3) is 53.2 Å². The number of benzene rings is 7. The standard InChI is InChI=1S/C40H27NS/c1-4-15-28(16-5-1)31-21-12-13-24-36(31)41(30-19-8-3-9-20-30)37-25-14-26-38-39(37)35-27-34(29-17-6-2-7-18-29)32-22-10-11-23-33(32)40(35)42-38/h1-27H. The Morgan fingerprint density at radius 2 is 0.976 bits per heavy atom. The fourth-order valence-electron chi connectivity index (χ4n) is 6.19. The second kappa shape index (κ2) is 10.3. The number of hydrogen-bond acceptors (Lipinski definition) is 2. The third kappa shape index (κ3) is 4.08. The van der Waals surface area contributed by atoms with Gasteiger partial charge in [0.25, 0.3) is 0 Å². The van der Waals surface area contributed by atoms with Crippen LogP contribution in [0.4, 0.5) is 17.1 Å². The quantitative estimate of drug-likeness (QED) is 0.205. The number of fused-ring (bicyclic) bond motifs is 5. The van der Waals surface area contributed by atoms with Crippen LogP contribution >= 0.6 is 11.3 Å². The van der Waals surface area contributed by atoms with Crippen LogP contribution in [0.3, 0.4) is 0 Å². The van der Waals surface area contributed by atoms with Gasteiger partial charge in [0.1, 0.15) is 0 Å². The number of hydrogen-bond donors (Lipinski definition) is 0. The maximum Gasteiger partial charge on any atom is 0.0555 e. The van der Waals surface area contributed by atoms with E-state index in [0.717, 1.165) is 11.4 Å². The van der Waals surface area contributed by atoms with Crippen molar-refractivity contribution in [3.05, 3.63) is 164 Å². The van der Waals surface area contributed by atoms with Crippen LogP contribution in [0.15, 0.2) is 164 Å². The second-order valence-corrected chi connectivity index (χ2v) is 11.6. The number of nitrogens with zero attached hydrogens (tertiary/aromatic N) is 1. The van der Waals surface area contributed by atoms with E-state index < -0.39 is 0 Å². The van der Waals surface area contributed by atoms with Gasteiger partial charge in [-0.3, -0.25) is 0 Å². The van der Waals surface area contributed by atoms with Gasteiger partial charge in [0.2, 0.25) is 0 Å². The Balaban J connectivity index is 1.47. The summed E-state index contributed by atoms with van der Waals surface area (Å²) in [6.45, 7) is 0. The SMILES string of the molecule is c1ccc(-c2ccccc2N(c2ccccc2)c2cccc3sc4c5ccccc5c(-c5ccccc5)cc4c23)cc1. The molecule has 0 bridgehead atoms. The third-order valence-electron chi connectivity index (χ3n) is 8.05. The molecule has 0 saturated heterocycles. The molecule has 42 heavy (non-hydrogen) atoms. The maximum atomic E-state index is 2.44. The monoisotopic (exact) mass is 553 g/mol. The van der Waals surface area contributed by atoms with Crippen molar-refractivity contribution in [3.63, 3.8) is 0 Å². The summed E-state index contributed by atoms with van der Waals surface area (Å²) >= 11 is 1.89. The minimum atomic E-state index is 1.14. The minimum absolute atomic E-state index is 1.14. The van der Waals surface area contributed by atoms with Crippen LogP contribution in [0.1, 0.15) is 0 Å². The Morgan fingerprint density at radius 3 is 1.71 bits per heavy atom. The Kier molecular flexibility index (Phi) is 6.05.